The summed E-state index contributed by atoms with van der Waals surface area (Å²) in [5, 5.41) is 6.18. The van der Waals surface area contributed by atoms with Gasteiger partial charge in [-0.2, -0.15) is 0 Å². The lowest BCUT2D eigenvalue weighted by Crippen LogP contribution is -2.52. The van der Waals surface area contributed by atoms with E-state index in [2.05, 4.69) is 31.4 Å². The van der Waals surface area contributed by atoms with Crippen LogP contribution in [-0.2, 0) is 16.1 Å². The summed E-state index contributed by atoms with van der Waals surface area (Å²) in [6, 6.07) is 5.82. The number of benzene rings is 1. The van der Waals surface area contributed by atoms with Crippen LogP contribution in [0.3, 0.4) is 0 Å². The molecule has 0 aromatic heterocycles. The molecule has 1 saturated carbocycles. The number of rotatable bonds is 5. The van der Waals surface area contributed by atoms with Crippen LogP contribution in [-0.4, -0.2) is 40.7 Å². The Labute approximate surface area is 202 Å². The molecule has 1 aromatic carbocycles. The highest BCUT2D eigenvalue weighted by Gasteiger charge is 2.40. The molecule has 3 aliphatic rings. The molecule has 1 saturated heterocycles. The minimum atomic E-state index is -0.592. The number of piperidine rings is 1. The first kappa shape index (κ1) is 25.5. The quantitative estimate of drug-likeness (QED) is 0.563. The van der Waals surface area contributed by atoms with Crippen molar-refractivity contribution in [2.24, 2.45) is 17.1 Å². The van der Waals surface area contributed by atoms with Crippen LogP contribution in [0.2, 0.25) is 0 Å². The highest BCUT2D eigenvalue weighted by atomic mass is 35.5. The maximum Gasteiger partial charge on any atom is 0.255 e. The fraction of sp³-hybridized carbons (Fsp3) is 0.640. The van der Waals surface area contributed by atoms with Gasteiger partial charge in [0.25, 0.3) is 5.91 Å². The Morgan fingerprint density at radius 1 is 1.12 bits per heavy atom. The molecule has 3 amide bonds. The highest BCUT2D eigenvalue weighted by Crippen LogP contribution is 2.37. The van der Waals surface area contributed by atoms with Crippen molar-refractivity contribution in [2.45, 2.75) is 90.4 Å². The van der Waals surface area contributed by atoms with Crippen molar-refractivity contribution in [2.75, 3.05) is 5.32 Å². The van der Waals surface area contributed by atoms with Gasteiger partial charge in [0.1, 0.15) is 6.04 Å². The van der Waals surface area contributed by atoms with E-state index in [-0.39, 0.29) is 42.0 Å². The van der Waals surface area contributed by atoms with Crippen LogP contribution in [0.1, 0.15) is 81.6 Å². The van der Waals surface area contributed by atoms with Gasteiger partial charge in [0, 0.05) is 41.9 Å². The van der Waals surface area contributed by atoms with Gasteiger partial charge in [0.05, 0.1) is 0 Å². The largest absolute Gasteiger partial charge is 0.382 e. The van der Waals surface area contributed by atoms with Gasteiger partial charge >= 0.3 is 0 Å². The fourth-order valence-corrected chi connectivity index (χ4v) is 5.46. The monoisotopic (exact) mass is 476 g/mol. The number of hydrogen-bond donors (Lipinski definition) is 3. The summed E-state index contributed by atoms with van der Waals surface area (Å²) >= 11 is 0. The fourth-order valence-electron chi connectivity index (χ4n) is 5.46. The van der Waals surface area contributed by atoms with Crippen molar-refractivity contribution in [3.05, 3.63) is 29.3 Å². The van der Waals surface area contributed by atoms with Gasteiger partial charge in [-0.3, -0.25) is 19.7 Å². The van der Waals surface area contributed by atoms with Crippen LogP contribution in [0.4, 0.5) is 5.69 Å². The third kappa shape index (κ3) is 5.69. The van der Waals surface area contributed by atoms with Crippen LogP contribution < -0.4 is 16.4 Å². The van der Waals surface area contributed by atoms with Gasteiger partial charge in [-0.15, -0.1) is 12.4 Å². The summed E-state index contributed by atoms with van der Waals surface area (Å²) in [5.74, 6) is -0.224. The predicted molar refractivity (Wildman–Crippen MR) is 131 cm³/mol. The van der Waals surface area contributed by atoms with Crippen molar-refractivity contribution in [3.8, 4) is 0 Å². The Balaban J connectivity index is 0.00000306. The van der Waals surface area contributed by atoms with Crippen molar-refractivity contribution >= 4 is 35.8 Å². The molecule has 2 aliphatic heterocycles. The van der Waals surface area contributed by atoms with Crippen LogP contribution >= 0.6 is 12.4 Å². The smallest absolute Gasteiger partial charge is 0.255 e. The summed E-state index contributed by atoms with van der Waals surface area (Å²) in [7, 11) is 0. The Hall–Kier alpha value is -2.12. The van der Waals surface area contributed by atoms with E-state index >= 15 is 0 Å². The summed E-state index contributed by atoms with van der Waals surface area (Å²) in [5.41, 5.74) is 8.91. The molecule has 8 heteroatoms. The molecule has 1 aromatic rings. The standard InChI is InChI=1S/C25H36N4O3.ClH/c1-25(2,3)13-20(15-7-9-16(26)10-8-15)27-19-6-4-5-17-18(19)14-29(24(17)32)21-11-12-22(30)28-23(21)31;/h4-6,15-16,20-21,27H,7-14,26H2,1-3H3,(H,28,30,31);1H/t15?,16?,20-,21-;/m1./s1. The van der Waals surface area contributed by atoms with E-state index in [9.17, 15) is 14.4 Å². The van der Waals surface area contributed by atoms with E-state index in [0.29, 0.717) is 36.5 Å². The number of nitrogens with zero attached hydrogens (tertiary/aromatic N) is 1. The number of anilines is 1. The van der Waals surface area contributed by atoms with Crippen LogP contribution in [0.15, 0.2) is 18.2 Å². The third-order valence-electron chi connectivity index (χ3n) is 7.14. The number of carbonyl (C=O) groups excluding carboxylic acids is 3. The van der Waals surface area contributed by atoms with E-state index in [1.165, 1.54) is 0 Å². The van der Waals surface area contributed by atoms with Gasteiger partial charge in [0.15, 0.2) is 0 Å². The van der Waals surface area contributed by atoms with Crippen LogP contribution in [0, 0.1) is 11.3 Å². The minimum Gasteiger partial charge on any atom is -0.382 e. The zero-order valence-electron chi connectivity index (χ0n) is 19.9. The zero-order chi connectivity index (χ0) is 23.0. The molecule has 4 rings (SSSR count). The molecular formula is C25H37ClN4O3. The lowest BCUT2D eigenvalue weighted by Gasteiger charge is -2.37. The molecular weight excluding hydrogens is 440 g/mol. The summed E-state index contributed by atoms with van der Waals surface area (Å²) in [4.78, 5) is 38.7. The Bertz CT molecular complexity index is 905. The molecule has 4 N–H and O–H groups in total. The van der Waals surface area contributed by atoms with E-state index in [0.717, 1.165) is 43.4 Å². The molecule has 7 nitrogen and oxygen atoms in total. The second-order valence-electron chi connectivity index (χ2n) is 10.9. The first-order chi connectivity index (χ1) is 15.1. The number of nitrogens with two attached hydrogens (primary N) is 1. The van der Waals surface area contributed by atoms with Crippen molar-refractivity contribution in [1.29, 1.82) is 0 Å². The molecule has 2 heterocycles. The number of fused-ring (bicyclic) bond motifs is 1. The number of carbonyl (C=O) groups is 3. The third-order valence-corrected chi connectivity index (χ3v) is 7.14. The zero-order valence-corrected chi connectivity index (χ0v) is 20.7. The topological polar surface area (TPSA) is 105 Å². The highest BCUT2D eigenvalue weighted by molar-refractivity contribution is 6.06. The Morgan fingerprint density at radius 2 is 1.82 bits per heavy atom. The molecule has 2 fully saturated rings. The van der Waals surface area contributed by atoms with Crippen LogP contribution in [0.5, 0.6) is 0 Å². The van der Waals surface area contributed by atoms with E-state index in [1.807, 2.05) is 18.2 Å². The van der Waals surface area contributed by atoms with E-state index in [4.69, 9.17) is 5.73 Å². The first-order valence-corrected chi connectivity index (χ1v) is 11.9. The lowest BCUT2D eigenvalue weighted by molar-refractivity contribution is -0.136. The maximum absolute atomic E-state index is 13.1. The lowest BCUT2D eigenvalue weighted by atomic mass is 9.76. The summed E-state index contributed by atoms with van der Waals surface area (Å²) in [6.07, 6.45) is 6.02. The van der Waals surface area contributed by atoms with Crippen molar-refractivity contribution in [1.82, 2.24) is 10.2 Å². The average molecular weight is 477 g/mol. The Morgan fingerprint density at radius 3 is 2.45 bits per heavy atom. The van der Waals surface area contributed by atoms with E-state index in [1.54, 1.807) is 4.90 Å². The number of halogens is 1. The normalized spacial score (nSPS) is 26.4. The van der Waals surface area contributed by atoms with E-state index < -0.39 is 6.04 Å². The molecule has 0 spiro atoms. The second-order valence-corrected chi connectivity index (χ2v) is 10.9. The SMILES string of the molecule is CC(C)(C)C[C@@H](Nc1cccc2c1CN([C@@H]1CCC(=O)NC1=O)C2=O)C1CCC(N)CC1.Cl. The summed E-state index contributed by atoms with van der Waals surface area (Å²) < 4.78 is 0. The first-order valence-electron chi connectivity index (χ1n) is 11.9. The number of imide groups is 1. The second kappa shape index (κ2) is 10.0. The van der Waals surface area contributed by atoms with Crippen LogP contribution in [0.25, 0.3) is 0 Å². The minimum absolute atomic E-state index is 0. The number of nitrogens with one attached hydrogen (secondary N) is 2. The van der Waals surface area contributed by atoms with Gasteiger partial charge < -0.3 is 16.0 Å². The molecule has 0 unspecified atom stereocenters. The predicted octanol–water partition coefficient (Wildman–Crippen LogP) is 3.60. The molecule has 182 valence electrons. The average Bonchev–Trinajstić information content (AvgIpc) is 3.05. The molecule has 2 atom stereocenters. The number of amides is 3. The van der Waals surface area contributed by atoms with Crippen molar-refractivity contribution in [3.63, 3.8) is 0 Å². The molecule has 33 heavy (non-hydrogen) atoms. The Kier molecular flexibility index (Phi) is 7.74. The molecule has 0 bridgehead atoms. The van der Waals surface area contributed by atoms with Gasteiger partial charge in [-0.1, -0.05) is 26.8 Å². The number of hydrogen-bond acceptors (Lipinski definition) is 5. The molecule has 0 radical (unpaired) electrons. The van der Waals surface area contributed by atoms with Gasteiger partial charge in [-0.05, 0) is 62.0 Å². The molecule has 1 aliphatic carbocycles. The maximum atomic E-state index is 13.1. The van der Waals surface area contributed by atoms with Crippen molar-refractivity contribution < 1.29 is 14.4 Å². The summed E-state index contributed by atoms with van der Waals surface area (Å²) in [6.45, 7) is 7.18. The van der Waals surface area contributed by atoms with Gasteiger partial charge in [0.2, 0.25) is 11.8 Å². The van der Waals surface area contributed by atoms with Gasteiger partial charge in [-0.25, -0.2) is 0 Å².